The van der Waals surface area contributed by atoms with Crippen molar-refractivity contribution in [2.45, 2.75) is 18.6 Å². The summed E-state index contributed by atoms with van der Waals surface area (Å²) in [7, 11) is 1.32. The van der Waals surface area contributed by atoms with Crippen LogP contribution in [0.5, 0.6) is 5.75 Å². The fourth-order valence-electron chi connectivity index (χ4n) is 3.30. The Hall–Kier alpha value is -3.40. The van der Waals surface area contributed by atoms with E-state index in [-0.39, 0.29) is 49.5 Å². The lowest BCUT2D eigenvalue weighted by atomic mass is 9.92. The number of methoxy groups -OCH3 is 1. The second-order valence-corrected chi connectivity index (χ2v) is 7.21. The normalized spacial score (nSPS) is 17.6. The number of aromatic hydroxyl groups is 1. The zero-order valence-corrected chi connectivity index (χ0v) is 18.2. The van der Waals surface area contributed by atoms with Crippen molar-refractivity contribution < 1.29 is 38.7 Å². The summed E-state index contributed by atoms with van der Waals surface area (Å²) in [5.74, 6) is -1.20. The first-order chi connectivity index (χ1) is 16.0. The molecule has 2 aromatic carbocycles. The summed E-state index contributed by atoms with van der Waals surface area (Å²) in [4.78, 5) is 24.6. The Labute approximate surface area is 191 Å². The SMILES string of the molecule is COC(=O)c1ccc([C@@H]2C=C(C(=O)Nc3ccccc3O)O[C@H](OCCOCCO)C2)cc1. The van der Waals surface area contributed by atoms with Crippen molar-refractivity contribution in [3.63, 3.8) is 0 Å². The number of carbonyl (C=O) groups is 2. The van der Waals surface area contributed by atoms with Gasteiger partial charge in [0.2, 0.25) is 6.29 Å². The number of amides is 1. The lowest BCUT2D eigenvalue weighted by Crippen LogP contribution is -2.30. The number of hydrogen-bond donors (Lipinski definition) is 3. The van der Waals surface area contributed by atoms with E-state index in [1.807, 2.05) is 0 Å². The zero-order chi connectivity index (χ0) is 23.6. The van der Waals surface area contributed by atoms with Gasteiger partial charge in [0.1, 0.15) is 5.75 Å². The minimum Gasteiger partial charge on any atom is -0.506 e. The van der Waals surface area contributed by atoms with E-state index in [4.69, 9.17) is 24.1 Å². The highest BCUT2D eigenvalue weighted by atomic mass is 16.7. The quantitative estimate of drug-likeness (QED) is 0.283. The highest BCUT2D eigenvalue weighted by Gasteiger charge is 2.29. The number of allylic oxidation sites excluding steroid dienone is 1. The molecule has 0 aromatic heterocycles. The van der Waals surface area contributed by atoms with Crippen LogP contribution in [0.25, 0.3) is 0 Å². The van der Waals surface area contributed by atoms with E-state index in [0.717, 1.165) is 5.56 Å². The molecule has 1 aliphatic rings. The van der Waals surface area contributed by atoms with E-state index >= 15 is 0 Å². The largest absolute Gasteiger partial charge is 0.506 e. The van der Waals surface area contributed by atoms with Crippen molar-refractivity contribution in [3.05, 3.63) is 71.5 Å². The molecule has 1 heterocycles. The van der Waals surface area contributed by atoms with Crippen molar-refractivity contribution >= 4 is 17.6 Å². The Morgan fingerprint density at radius 3 is 2.55 bits per heavy atom. The summed E-state index contributed by atoms with van der Waals surface area (Å²) in [5, 5.41) is 21.4. The first-order valence-electron chi connectivity index (χ1n) is 10.5. The highest BCUT2D eigenvalue weighted by molar-refractivity contribution is 6.03. The topological polar surface area (TPSA) is 124 Å². The molecule has 2 aromatic rings. The average Bonchev–Trinajstić information content (AvgIpc) is 2.84. The lowest BCUT2D eigenvalue weighted by Gasteiger charge is -2.29. The maximum absolute atomic E-state index is 12.9. The molecular formula is C24H27NO8. The van der Waals surface area contributed by atoms with Gasteiger partial charge in [-0.05, 0) is 35.9 Å². The van der Waals surface area contributed by atoms with Crippen molar-refractivity contribution in [1.29, 1.82) is 0 Å². The highest BCUT2D eigenvalue weighted by Crippen LogP contribution is 2.32. The molecule has 3 rings (SSSR count). The van der Waals surface area contributed by atoms with Gasteiger partial charge in [0, 0.05) is 12.3 Å². The molecule has 0 bridgehead atoms. The molecule has 1 amide bonds. The second kappa shape index (κ2) is 12.0. The van der Waals surface area contributed by atoms with Gasteiger partial charge in [0.05, 0.1) is 44.8 Å². The van der Waals surface area contributed by atoms with Crippen LogP contribution in [0.4, 0.5) is 5.69 Å². The van der Waals surface area contributed by atoms with Crippen LogP contribution in [-0.4, -0.2) is 61.9 Å². The number of para-hydroxylation sites is 2. The molecule has 2 atom stereocenters. The third-order valence-corrected chi connectivity index (χ3v) is 4.96. The van der Waals surface area contributed by atoms with Crippen LogP contribution in [0.1, 0.15) is 28.3 Å². The summed E-state index contributed by atoms with van der Waals surface area (Å²) >= 11 is 0. The minimum atomic E-state index is -0.719. The first kappa shape index (κ1) is 24.2. The summed E-state index contributed by atoms with van der Waals surface area (Å²) in [5.41, 5.74) is 1.54. The first-order valence-corrected chi connectivity index (χ1v) is 10.5. The van der Waals surface area contributed by atoms with Crippen molar-refractivity contribution in [3.8, 4) is 5.75 Å². The van der Waals surface area contributed by atoms with Gasteiger partial charge in [-0.25, -0.2) is 4.79 Å². The molecule has 0 saturated heterocycles. The van der Waals surface area contributed by atoms with E-state index in [2.05, 4.69) is 5.32 Å². The van der Waals surface area contributed by atoms with Crippen LogP contribution >= 0.6 is 0 Å². The molecule has 0 fully saturated rings. The van der Waals surface area contributed by atoms with Gasteiger partial charge in [0.25, 0.3) is 5.91 Å². The number of aliphatic hydroxyl groups is 1. The number of carbonyl (C=O) groups excluding carboxylic acids is 2. The van der Waals surface area contributed by atoms with Crippen LogP contribution in [0.15, 0.2) is 60.4 Å². The van der Waals surface area contributed by atoms with Gasteiger partial charge in [-0.3, -0.25) is 4.79 Å². The second-order valence-electron chi connectivity index (χ2n) is 7.21. The Kier molecular flexibility index (Phi) is 8.82. The van der Waals surface area contributed by atoms with Gasteiger partial charge in [0.15, 0.2) is 5.76 Å². The molecule has 0 spiro atoms. The van der Waals surface area contributed by atoms with Crippen molar-refractivity contribution in [2.75, 3.05) is 38.9 Å². The fourth-order valence-corrected chi connectivity index (χ4v) is 3.30. The molecule has 3 N–H and O–H groups in total. The molecule has 176 valence electrons. The molecule has 0 saturated carbocycles. The third-order valence-electron chi connectivity index (χ3n) is 4.96. The number of aliphatic hydroxyl groups excluding tert-OH is 1. The third kappa shape index (κ3) is 6.79. The van der Waals surface area contributed by atoms with E-state index in [1.165, 1.54) is 13.2 Å². The van der Waals surface area contributed by atoms with Gasteiger partial charge < -0.3 is 34.5 Å². The Balaban J connectivity index is 1.76. The van der Waals surface area contributed by atoms with E-state index in [1.54, 1.807) is 48.5 Å². The predicted octanol–water partition coefficient (Wildman–Crippen LogP) is 2.56. The van der Waals surface area contributed by atoms with Crippen molar-refractivity contribution in [1.82, 2.24) is 0 Å². The molecule has 9 nitrogen and oxygen atoms in total. The molecule has 1 aliphatic heterocycles. The van der Waals surface area contributed by atoms with Gasteiger partial charge >= 0.3 is 5.97 Å². The molecule has 0 unspecified atom stereocenters. The van der Waals surface area contributed by atoms with Crippen LogP contribution in [-0.2, 0) is 23.7 Å². The summed E-state index contributed by atoms with van der Waals surface area (Å²) < 4.78 is 21.4. The maximum Gasteiger partial charge on any atom is 0.337 e. The summed E-state index contributed by atoms with van der Waals surface area (Å²) in [6, 6.07) is 13.3. The Morgan fingerprint density at radius 2 is 1.85 bits per heavy atom. The zero-order valence-electron chi connectivity index (χ0n) is 18.2. The van der Waals surface area contributed by atoms with Crippen LogP contribution in [0, 0.1) is 0 Å². The standard InChI is InChI=1S/C24H27NO8/c1-30-24(29)17-8-6-16(7-9-17)18-14-21(23(28)25-19-4-2-3-5-20(19)27)33-22(15-18)32-13-12-31-11-10-26/h2-9,14,18,22,26-27H,10-13,15H2,1H3,(H,25,28)/t18-,22+/m1/s1. The number of anilines is 1. The van der Waals surface area contributed by atoms with Gasteiger partial charge in [-0.1, -0.05) is 24.3 Å². The number of benzene rings is 2. The number of phenols is 1. The Bertz CT molecular complexity index is 973. The van der Waals surface area contributed by atoms with E-state index in [9.17, 15) is 14.7 Å². The molecule has 9 heteroatoms. The minimum absolute atomic E-state index is 0.0489. The smallest absolute Gasteiger partial charge is 0.337 e. The number of rotatable bonds is 10. The molecule has 33 heavy (non-hydrogen) atoms. The summed E-state index contributed by atoms with van der Waals surface area (Å²) in [6.45, 7) is 0.607. The average molecular weight is 457 g/mol. The molecular weight excluding hydrogens is 430 g/mol. The number of hydrogen-bond acceptors (Lipinski definition) is 8. The van der Waals surface area contributed by atoms with Crippen LogP contribution in [0.2, 0.25) is 0 Å². The van der Waals surface area contributed by atoms with Crippen LogP contribution < -0.4 is 5.32 Å². The Morgan fingerprint density at radius 1 is 1.09 bits per heavy atom. The van der Waals surface area contributed by atoms with Crippen molar-refractivity contribution in [2.24, 2.45) is 0 Å². The monoisotopic (exact) mass is 457 g/mol. The van der Waals surface area contributed by atoms with Gasteiger partial charge in [-0.15, -0.1) is 0 Å². The number of phenolic OH excluding ortho intramolecular Hbond substituents is 1. The van der Waals surface area contributed by atoms with Crippen LogP contribution in [0.3, 0.4) is 0 Å². The predicted molar refractivity (Wildman–Crippen MR) is 119 cm³/mol. The van der Waals surface area contributed by atoms with Gasteiger partial charge in [-0.2, -0.15) is 0 Å². The summed E-state index contributed by atoms with van der Waals surface area (Å²) in [6.07, 6.45) is 1.40. The number of ether oxygens (including phenoxy) is 4. The lowest BCUT2D eigenvalue weighted by molar-refractivity contribution is -0.148. The maximum atomic E-state index is 12.9. The fraction of sp³-hybridized carbons (Fsp3) is 0.333. The molecule has 0 radical (unpaired) electrons. The molecule has 0 aliphatic carbocycles. The number of nitrogens with one attached hydrogen (secondary N) is 1. The number of esters is 1. The van der Waals surface area contributed by atoms with E-state index in [0.29, 0.717) is 12.0 Å². The van der Waals surface area contributed by atoms with E-state index < -0.39 is 18.2 Å².